The van der Waals surface area contributed by atoms with Crippen LogP contribution in [0.25, 0.3) is 0 Å². The van der Waals surface area contributed by atoms with Crippen molar-refractivity contribution in [2.24, 2.45) is 5.92 Å². The minimum atomic E-state index is -3.64. The average Bonchev–Trinajstić information content (AvgIpc) is 2.74. The third-order valence-corrected chi connectivity index (χ3v) is 7.55. The zero-order valence-electron chi connectivity index (χ0n) is 18.4. The topological polar surface area (TPSA) is 61.8 Å². The van der Waals surface area contributed by atoms with Crippen LogP contribution in [0.1, 0.15) is 31.9 Å². The molecule has 5 nitrogen and oxygen atoms in total. The van der Waals surface area contributed by atoms with Gasteiger partial charge in [0.15, 0.2) is 15.3 Å². The molecule has 0 N–H and O–H groups in total. The minimum absolute atomic E-state index is 0.0410. The van der Waals surface area contributed by atoms with Crippen molar-refractivity contribution >= 4 is 9.84 Å². The molecule has 1 saturated heterocycles. The van der Waals surface area contributed by atoms with E-state index in [1.807, 2.05) is 74.5 Å². The summed E-state index contributed by atoms with van der Waals surface area (Å²) in [6.45, 7) is 10.0. The van der Waals surface area contributed by atoms with E-state index in [1.54, 1.807) is 6.92 Å². The summed E-state index contributed by atoms with van der Waals surface area (Å²) in [4.78, 5) is 0. The van der Waals surface area contributed by atoms with E-state index in [4.69, 9.17) is 14.2 Å². The second-order valence-corrected chi connectivity index (χ2v) is 10.4. The van der Waals surface area contributed by atoms with Crippen LogP contribution in [0.4, 0.5) is 0 Å². The van der Waals surface area contributed by atoms with Crippen molar-refractivity contribution in [3.8, 4) is 0 Å². The van der Waals surface area contributed by atoms with Crippen molar-refractivity contribution in [3.05, 3.63) is 83.9 Å². The summed E-state index contributed by atoms with van der Waals surface area (Å²) in [7, 11) is -3.64. The van der Waals surface area contributed by atoms with E-state index in [1.165, 1.54) is 0 Å². The molecule has 168 valence electrons. The maximum Gasteiger partial charge on any atom is 0.187 e. The van der Waals surface area contributed by atoms with Gasteiger partial charge in [-0.25, -0.2) is 8.42 Å². The molecule has 0 amide bonds. The molecule has 0 spiro atoms. The van der Waals surface area contributed by atoms with Gasteiger partial charge >= 0.3 is 0 Å². The fourth-order valence-electron chi connectivity index (χ4n) is 3.80. The average molecular weight is 445 g/mol. The normalized spacial score (nSPS) is 26.5. The van der Waals surface area contributed by atoms with Gasteiger partial charge in [0.25, 0.3) is 0 Å². The van der Waals surface area contributed by atoms with Gasteiger partial charge in [-0.2, -0.15) is 0 Å². The van der Waals surface area contributed by atoms with Crippen LogP contribution in [0.2, 0.25) is 0 Å². The van der Waals surface area contributed by atoms with Crippen LogP contribution in [0.5, 0.6) is 0 Å². The predicted molar refractivity (Wildman–Crippen MR) is 122 cm³/mol. The van der Waals surface area contributed by atoms with E-state index >= 15 is 0 Å². The largest absolute Gasteiger partial charge is 0.370 e. The Bertz CT molecular complexity index is 942. The molecule has 6 heteroatoms. The standard InChI is InChI=1S/C25H32O5S/c1-18(2)17-31(26,27)25-24(29-16-22-13-9-6-10-14-22)23(19(3)20(4)30-25)28-15-21-11-7-5-8-12-21/h5-14,19-20,23-25H,1,15-17H2,2-4H3/t19-,20-,23+,24+,25?/m0/s1. The molecule has 31 heavy (non-hydrogen) atoms. The van der Waals surface area contributed by atoms with Crippen LogP contribution in [0.15, 0.2) is 72.8 Å². The van der Waals surface area contributed by atoms with E-state index < -0.39 is 27.5 Å². The first kappa shape index (κ1) is 23.7. The lowest BCUT2D eigenvalue weighted by Crippen LogP contribution is -2.57. The summed E-state index contributed by atoms with van der Waals surface area (Å²) in [6.07, 6.45) is -1.47. The first-order valence-electron chi connectivity index (χ1n) is 10.6. The van der Waals surface area contributed by atoms with Gasteiger partial charge in [-0.15, -0.1) is 0 Å². The third kappa shape index (κ3) is 6.26. The zero-order valence-corrected chi connectivity index (χ0v) is 19.3. The minimum Gasteiger partial charge on any atom is -0.370 e. The smallest absolute Gasteiger partial charge is 0.187 e. The summed E-state index contributed by atoms with van der Waals surface area (Å²) in [5, 5.41) is 0. The van der Waals surface area contributed by atoms with Gasteiger partial charge in [-0.3, -0.25) is 0 Å². The molecule has 0 aliphatic carbocycles. The molecule has 2 aromatic rings. The van der Waals surface area contributed by atoms with Crippen molar-refractivity contribution in [2.45, 2.75) is 57.7 Å². The lowest BCUT2D eigenvalue weighted by Gasteiger charge is -2.44. The lowest BCUT2D eigenvalue weighted by atomic mass is 9.92. The number of rotatable bonds is 9. The highest BCUT2D eigenvalue weighted by Crippen LogP contribution is 2.34. The fourth-order valence-corrected chi connectivity index (χ4v) is 5.64. The molecule has 1 fully saturated rings. The van der Waals surface area contributed by atoms with Crippen molar-refractivity contribution in [3.63, 3.8) is 0 Å². The molecule has 3 rings (SSSR count). The highest BCUT2D eigenvalue weighted by atomic mass is 32.2. The van der Waals surface area contributed by atoms with Gasteiger partial charge < -0.3 is 14.2 Å². The number of benzene rings is 2. The Labute approximate surface area is 186 Å². The zero-order chi connectivity index (χ0) is 22.4. The monoisotopic (exact) mass is 444 g/mol. The van der Waals surface area contributed by atoms with Crippen LogP contribution < -0.4 is 0 Å². The number of hydrogen-bond donors (Lipinski definition) is 0. The molecule has 0 saturated carbocycles. The summed E-state index contributed by atoms with van der Waals surface area (Å²) < 4.78 is 44.9. The highest BCUT2D eigenvalue weighted by Gasteiger charge is 2.49. The molecule has 1 aliphatic rings. The maximum absolute atomic E-state index is 13.2. The Kier molecular flexibility index (Phi) is 8.06. The van der Waals surface area contributed by atoms with E-state index in [2.05, 4.69) is 6.58 Å². The Morgan fingerprint density at radius 2 is 1.39 bits per heavy atom. The molecule has 2 aromatic carbocycles. The SMILES string of the molecule is C=C(C)CS(=O)(=O)C1O[C@@H](C)[C@H](C)[C@@H](OCc2ccccc2)[C@H]1OCc1ccccc1. The molecule has 1 heterocycles. The van der Waals surface area contributed by atoms with Crippen LogP contribution in [-0.2, 0) is 37.3 Å². The number of sulfone groups is 1. The summed E-state index contributed by atoms with van der Waals surface area (Å²) >= 11 is 0. The quantitative estimate of drug-likeness (QED) is 0.532. The third-order valence-electron chi connectivity index (χ3n) is 5.57. The first-order valence-corrected chi connectivity index (χ1v) is 12.3. The van der Waals surface area contributed by atoms with Crippen LogP contribution >= 0.6 is 0 Å². The van der Waals surface area contributed by atoms with Crippen molar-refractivity contribution in [1.29, 1.82) is 0 Å². The predicted octanol–water partition coefficient (Wildman–Crippen LogP) is 4.53. The van der Waals surface area contributed by atoms with Crippen molar-refractivity contribution in [2.75, 3.05) is 5.75 Å². The molecule has 0 bridgehead atoms. The van der Waals surface area contributed by atoms with E-state index in [9.17, 15) is 8.42 Å². The second-order valence-electron chi connectivity index (χ2n) is 8.36. The van der Waals surface area contributed by atoms with Crippen molar-refractivity contribution < 1.29 is 22.6 Å². The van der Waals surface area contributed by atoms with Crippen LogP contribution in [-0.4, -0.2) is 37.9 Å². The van der Waals surface area contributed by atoms with Gasteiger partial charge in [-0.1, -0.05) is 79.7 Å². The Hall–Kier alpha value is -1.99. The summed E-state index contributed by atoms with van der Waals surface area (Å²) in [5.41, 5.74) is 1.45. The van der Waals surface area contributed by atoms with Gasteiger partial charge in [-0.05, 0) is 25.0 Å². The summed E-state index contributed by atoms with van der Waals surface area (Å²) in [5.74, 6) is -0.184. The van der Waals surface area contributed by atoms with Gasteiger partial charge in [0, 0.05) is 5.92 Å². The fraction of sp³-hybridized carbons (Fsp3) is 0.440. The highest BCUT2D eigenvalue weighted by molar-refractivity contribution is 7.92. The Morgan fingerprint density at radius 3 is 1.87 bits per heavy atom. The van der Waals surface area contributed by atoms with Gasteiger partial charge in [0.05, 0.1) is 31.2 Å². The lowest BCUT2D eigenvalue weighted by molar-refractivity contribution is -0.206. The number of hydrogen-bond acceptors (Lipinski definition) is 5. The van der Waals surface area contributed by atoms with Crippen LogP contribution in [0, 0.1) is 5.92 Å². The van der Waals surface area contributed by atoms with E-state index in [0.29, 0.717) is 12.2 Å². The van der Waals surface area contributed by atoms with E-state index in [-0.39, 0.29) is 24.4 Å². The van der Waals surface area contributed by atoms with Crippen LogP contribution in [0.3, 0.4) is 0 Å². The molecule has 1 unspecified atom stereocenters. The van der Waals surface area contributed by atoms with Gasteiger partial charge in [0.1, 0.15) is 6.10 Å². The molecule has 0 radical (unpaired) electrons. The summed E-state index contributed by atoms with van der Waals surface area (Å²) in [6, 6.07) is 19.5. The molecule has 0 aromatic heterocycles. The molecule has 5 atom stereocenters. The molecule has 1 aliphatic heterocycles. The number of ether oxygens (including phenoxy) is 3. The Morgan fingerprint density at radius 1 is 0.903 bits per heavy atom. The van der Waals surface area contributed by atoms with E-state index in [0.717, 1.165) is 11.1 Å². The van der Waals surface area contributed by atoms with Crippen molar-refractivity contribution in [1.82, 2.24) is 0 Å². The molecular weight excluding hydrogens is 412 g/mol. The second kappa shape index (κ2) is 10.6. The Balaban J connectivity index is 1.87. The van der Waals surface area contributed by atoms with Gasteiger partial charge in [0.2, 0.25) is 0 Å². The first-order chi connectivity index (χ1) is 14.8. The maximum atomic E-state index is 13.2. The molecular formula is C25H32O5S.